The number of carbonyl (C=O) groups is 1. The van der Waals surface area contributed by atoms with E-state index in [4.69, 9.17) is 11.6 Å². The van der Waals surface area contributed by atoms with Gasteiger partial charge in [-0.1, -0.05) is 23.7 Å². The molecule has 0 saturated carbocycles. The second-order valence-electron chi connectivity index (χ2n) is 5.45. The smallest absolute Gasteiger partial charge is 0.321 e. The Morgan fingerprint density at radius 3 is 2.85 bits per heavy atom. The van der Waals surface area contributed by atoms with Crippen LogP contribution in [0.1, 0.15) is 26.7 Å². The highest BCUT2D eigenvalue weighted by molar-refractivity contribution is 6.33. The third-order valence-corrected chi connectivity index (χ3v) is 3.91. The molecular formula is C15H22ClN3O. The summed E-state index contributed by atoms with van der Waals surface area (Å²) in [5, 5.41) is 6.88. The van der Waals surface area contributed by atoms with E-state index in [9.17, 15) is 4.79 Å². The van der Waals surface area contributed by atoms with Crippen LogP contribution in [-0.2, 0) is 0 Å². The van der Waals surface area contributed by atoms with Gasteiger partial charge in [0.2, 0.25) is 0 Å². The first-order valence-corrected chi connectivity index (χ1v) is 7.51. The summed E-state index contributed by atoms with van der Waals surface area (Å²) in [7, 11) is 0. The van der Waals surface area contributed by atoms with Crippen molar-refractivity contribution in [1.82, 2.24) is 10.2 Å². The third kappa shape index (κ3) is 3.87. The van der Waals surface area contributed by atoms with Crippen LogP contribution >= 0.6 is 11.6 Å². The highest BCUT2D eigenvalue weighted by Crippen LogP contribution is 2.21. The SMILES string of the molecule is CC(C)N(CC1CCCN1)C(=O)Nc1ccccc1Cl. The van der Waals surface area contributed by atoms with E-state index in [-0.39, 0.29) is 12.1 Å². The van der Waals surface area contributed by atoms with Crippen molar-refractivity contribution in [2.45, 2.75) is 38.8 Å². The molecule has 2 N–H and O–H groups in total. The molecule has 1 aliphatic rings. The van der Waals surface area contributed by atoms with Crippen LogP contribution in [-0.4, -0.2) is 36.1 Å². The van der Waals surface area contributed by atoms with Crippen LogP contribution in [0.4, 0.5) is 10.5 Å². The molecule has 1 atom stereocenters. The number of amides is 2. The number of para-hydroxylation sites is 1. The largest absolute Gasteiger partial charge is 0.322 e. The van der Waals surface area contributed by atoms with E-state index in [1.54, 1.807) is 6.07 Å². The lowest BCUT2D eigenvalue weighted by atomic mass is 10.2. The lowest BCUT2D eigenvalue weighted by Gasteiger charge is -2.29. The first-order valence-electron chi connectivity index (χ1n) is 7.13. The zero-order valence-corrected chi connectivity index (χ0v) is 12.8. The van der Waals surface area contributed by atoms with Crippen molar-refractivity contribution in [2.75, 3.05) is 18.4 Å². The molecule has 1 fully saturated rings. The first kappa shape index (κ1) is 15.1. The van der Waals surface area contributed by atoms with Gasteiger partial charge >= 0.3 is 6.03 Å². The summed E-state index contributed by atoms with van der Waals surface area (Å²) in [5.74, 6) is 0. The predicted octanol–water partition coefficient (Wildman–Crippen LogP) is 3.33. The molecule has 0 spiro atoms. The molecule has 4 nitrogen and oxygen atoms in total. The van der Waals surface area contributed by atoms with E-state index in [1.807, 2.05) is 36.9 Å². The summed E-state index contributed by atoms with van der Waals surface area (Å²) < 4.78 is 0. The maximum Gasteiger partial charge on any atom is 0.322 e. The van der Waals surface area contributed by atoms with Crippen LogP contribution in [0.3, 0.4) is 0 Å². The molecule has 1 aromatic carbocycles. The normalized spacial score (nSPS) is 18.3. The van der Waals surface area contributed by atoms with Crippen molar-refractivity contribution in [3.63, 3.8) is 0 Å². The highest BCUT2D eigenvalue weighted by atomic mass is 35.5. The molecule has 1 aromatic rings. The molecular weight excluding hydrogens is 274 g/mol. The van der Waals surface area contributed by atoms with E-state index >= 15 is 0 Å². The Morgan fingerprint density at radius 2 is 2.25 bits per heavy atom. The Hall–Kier alpha value is -1.26. The molecule has 0 aromatic heterocycles. The number of urea groups is 1. The lowest BCUT2D eigenvalue weighted by molar-refractivity contribution is 0.190. The molecule has 20 heavy (non-hydrogen) atoms. The zero-order chi connectivity index (χ0) is 14.5. The van der Waals surface area contributed by atoms with Gasteiger partial charge in [-0.3, -0.25) is 0 Å². The number of nitrogens with one attached hydrogen (secondary N) is 2. The van der Waals surface area contributed by atoms with Gasteiger partial charge in [-0.25, -0.2) is 4.79 Å². The maximum absolute atomic E-state index is 12.4. The van der Waals surface area contributed by atoms with Gasteiger partial charge in [0, 0.05) is 18.6 Å². The van der Waals surface area contributed by atoms with Crippen molar-refractivity contribution in [3.8, 4) is 0 Å². The summed E-state index contributed by atoms with van der Waals surface area (Å²) in [4.78, 5) is 14.3. The monoisotopic (exact) mass is 295 g/mol. The van der Waals surface area contributed by atoms with Gasteiger partial charge in [0.25, 0.3) is 0 Å². The third-order valence-electron chi connectivity index (χ3n) is 3.58. The number of nitrogens with zero attached hydrogens (tertiary/aromatic N) is 1. The molecule has 2 amide bonds. The van der Waals surface area contributed by atoms with Crippen molar-refractivity contribution in [3.05, 3.63) is 29.3 Å². The van der Waals surface area contributed by atoms with Gasteiger partial charge in [0.05, 0.1) is 10.7 Å². The lowest BCUT2D eigenvalue weighted by Crippen LogP contribution is -2.46. The molecule has 2 rings (SSSR count). The fourth-order valence-corrected chi connectivity index (χ4v) is 2.61. The van der Waals surface area contributed by atoms with Gasteiger partial charge in [0.1, 0.15) is 0 Å². The Labute approximate surface area is 125 Å². The van der Waals surface area contributed by atoms with Gasteiger partial charge in [0.15, 0.2) is 0 Å². The van der Waals surface area contributed by atoms with Crippen molar-refractivity contribution >= 4 is 23.3 Å². The summed E-state index contributed by atoms with van der Waals surface area (Å²) >= 11 is 6.08. The minimum Gasteiger partial charge on any atom is -0.321 e. The van der Waals surface area contributed by atoms with Gasteiger partial charge in [-0.2, -0.15) is 0 Å². The van der Waals surface area contributed by atoms with E-state index in [2.05, 4.69) is 10.6 Å². The van der Waals surface area contributed by atoms with Crippen LogP contribution < -0.4 is 10.6 Å². The van der Waals surface area contributed by atoms with Gasteiger partial charge in [-0.05, 0) is 45.4 Å². The summed E-state index contributed by atoms with van der Waals surface area (Å²) in [6.07, 6.45) is 2.31. The standard InChI is InChI=1S/C15H22ClN3O/c1-11(2)19(10-12-6-5-9-17-12)15(20)18-14-8-4-3-7-13(14)16/h3-4,7-8,11-12,17H,5-6,9-10H2,1-2H3,(H,18,20). The van der Waals surface area contributed by atoms with Gasteiger partial charge < -0.3 is 15.5 Å². The van der Waals surface area contributed by atoms with Crippen molar-refractivity contribution in [1.29, 1.82) is 0 Å². The molecule has 0 aliphatic carbocycles. The highest BCUT2D eigenvalue weighted by Gasteiger charge is 2.23. The van der Waals surface area contributed by atoms with E-state index in [0.717, 1.165) is 19.5 Å². The molecule has 1 saturated heterocycles. The summed E-state index contributed by atoms with van der Waals surface area (Å²) in [5.41, 5.74) is 0.657. The second-order valence-corrected chi connectivity index (χ2v) is 5.86. The van der Waals surface area contributed by atoms with Crippen molar-refractivity contribution < 1.29 is 4.79 Å². The van der Waals surface area contributed by atoms with Crippen LogP contribution in [0.15, 0.2) is 24.3 Å². The minimum atomic E-state index is -0.0956. The number of benzene rings is 1. The number of halogens is 1. The molecule has 0 radical (unpaired) electrons. The maximum atomic E-state index is 12.4. The molecule has 1 aliphatic heterocycles. The minimum absolute atomic E-state index is 0.0956. The van der Waals surface area contributed by atoms with E-state index in [1.165, 1.54) is 6.42 Å². The van der Waals surface area contributed by atoms with Gasteiger partial charge in [-0.15, -0.1) is 0 Å². The average Bonchev–Trinajstić information content (AvgIpc) is 2.91. The fourth-order valence-electron chi connectivity index (χ4n) is 2.43. The van der Waals surface area contributed by atoms with E-state index in [0.29, 0.717) is 16.8 Å². The van der Waals surface area contributed by atoms with Crippen LogP contribution in [0.5, 0.6) is 0 Å². The van der Waals surface area contributed by atoms with Crippen LogP contribution in [0, 0.1) is 0 Å². The fraction of sp³-hybridized carbons (Fsp3) is 0.533. The molecule has 0 bridgehead atoms. The quantitative estimate of drug-likeness (QED) is 0.895. The van der Waals surface area contributed by atoms with E-state index < -0.39 is 0 Å². The van der Waals surface area contributed by atoms with Crippen molar-refractivity contribution in [2.24, 2.45) is 0 Å². The zero-order valence-electron chi connectivity index (χ0n) is 12.0. The Morgan fingerprint density at radius 1 is 1.50 bits per heavy atom. The first-order chi connectivity index (χ1) is 9.58. The Balaban J connectivity index is 2.01. The summed E-state index contributed by atoms with van der Waals surface area (Å²) in [6.45, 7) is 5.83. The van der Waals surface area contributed by atoms with Crippen LogP contribution in [0.25, 0.3) is 0 Å². The number of hydrogen-bond donors (Lipinski definition) is 2. The number of hydrogen-bond acceptors (Lipinski definition) is 2. The predicted molar refractivity (Wildman–Crippen MR) is 83.3 cm³/mol. The topological polar surface area (TPSA) is 44.4 Å². The molecule has 1 heterocycles. The van der Waals surface area contributed by atoms with Crippen LogP contribution in [0.2, 0.25) is 5.02 Å². The summed E-state index contributed by atoms with van der Waals surface area (Å²) in [6, 6.07) is 7.75. The number of anilines is 1. The number of rotatable bonds is 4. The second kappa shape index (κ2) is 6.95. The number of carbonyl (C=O) groups excluding carboxylic acids is 1. The molecule has 110 valence electrons. The Kier molecular flexibility index (Phi) is 5.26. The molecule has 5 heteroatoms. The molecule has 1 unspecified atom stereocenters. The Bertz CT molecular complexity index is 458. The average molecular weight is 296 g/mol.